The van der Waals surface area contributed by atoms with Crippen molar-refractivity contribution in [3.8, 4) is 0 Å². The summed E-state index contributed by atoms with van der Waals surface area (Å²) in [6.07, 6.45) is -0.144. The molecule has 3 aromatic rings. The molecule has 8 heteroatoms. The minimum atomic E-state index is -0.959. The van der Waals surface area contributed by atoms with E-state index in [1.54, 1.807) is 54.6 Å². The van der Waals surface area contributed by atoms with Crippen LogP contribution in [0.2, 0.25) is 0 Å². The lowest BCUT2D eigenvalue weighted by Crippen LogP contribution is -2.29. The number of aliphatic hydroxyl groups is 1. The lowest BCUT2D eigenvalue weighted by atomic mass is 9.99. The van der Waals surface area contributed by atoms with Gasteiger partial charge >= 0.3 is 5.97 Å². The predicted molar refractivity (Wildman–Crippen MR) is 121 cm³/mol. The topological polar surface area (TPSA) is 94.9 Å². The number of amides is 1. The van der Waals surface area contributed by atoms with Crippen LogP contribution >= 0.6 is 27.3 Å². The largest absolute Gasteiger partial charge is 0.507 e. The molecule has 0 radical (unpaired) electrons. The second kappa shape index (κ2) is 8.49. The Labute approximate surface area is 190 Å². The van der Waals surface area contributed by atoms with Crippen LogP contribution in [0.15, 0.2) is 76.1 Å². The SMILES string of the molecule is O=C(O)Cc1ccc(N2C(=O)C(=O)/C(=C(/O)c3ccccc3)C2c2cc(Br)cs2)cc1. The van der Waals surface area contributed by atoms with Gasteiger partial charge in [0.25, 0.3) is 11.7 Å². The molecule has 2 aromatic carbocycles. The first-order valence-corrected chi connectivity index (χ1v) is 10.9. The van der Waals surface area contributed by atoms with Gasteiger partial charge in [-0.15, -0.1) is 11.3 Å². The first kappa shape index (κ1) is 21.0. The molecule has 1 amide bonds. The molecule has 1 aromatic heterocycles. The van der Waals surface area contributed by atoms with E-state index >= 15 is 0 Å². The first-order valence-electron chi connectivity index (χ1n) is 9.28. The third-order valence-electron chi connectivity index (χ3n) is 4.92. The van der Waals surface area contributed by atoms with Gasteiger partial charge in [-0.1, -0.05) is 42.5 Å². The number of halogens is 1. The molecule has 1 unspecified atom stereocenters. The molecule has 6 nitrogen and oxygen atoms in total. The molecular formula is C23H16BrNO5S. The molecule has 1 aliphatic rings. The summed E-state index contributed by atoms with van der Waals surface area (Å²) in [5, 5.41) is 21.8. The highest BCUT2D eigenvalue weighted by atomic mass is 79.9. The summed E-state index contributed by atoms with van der Waals surface area (Å²) >= 11 is 4.77. The number of hydrogen-bond donors (Lipinski definition) is 2. The molecule has 1 aliphatic heterocycles. The number of carboxylic acids is 1. The minimum Gasteiger partial charge on any atom is -0.507 e. The molecule has 0 bridgehead atoms. The van der Waals surface area contributed by atoms with Crippen molar-refractivity contribution in [2.45, 2.75) is 12.5 Å². The quantitative estimate of drug-likeness (QED) is 0.301. The summed E-state index contributed by atoms with van der Waals surface area (Å²) in [5.41, 5.74) is 1.48. The fraction of sp³-hybridized carbons (Fsp3) is 0.0870. The van der Waals surface area contributed by atoms with E-state index in [1.807, 2.05) is 11.4 Å². The Morgan fingerprint density at radius 2 is 1.71 bits per heavy atom. The van der Waals surface area contributed by atoms with Gasteiger partial charge < -0.3 is 10.2 Å². The van der Waals surface area contributed by atoms with Gasteiger partial charge in [-0.3, -0.25) is 19.3 Å². The highest BCUT2D eigenvalue weighted by Gasteiger charge is 2.47. The number of anilines is 1. The third-order valence-corrected chi connectivity index (χ3v) is 6.66. The number of carboxylic acid groups (broad SMARTS) is 1. The maximum absolute atomic E-state index is 13.0. The molecule has 31 heavy (non-hydrogen) atoms. The normalized spacial score (nSPS) is 17.8. The zero-order chi connectivity index (χ0) is 22.1. The number of nitrogens with zero attached hydrogens (tertiary/aromatic N) is 1. The van der Waals surface area contributed by atoms with E-state index in [0.29, 0.717) is 21.7 Å². The highest BCUT2D eigenvalue weighted by Crippen LogP contribution is 2.44. The van der Waals surface area contributed by atoms with Crippen molar-refractivity contribution in [2.75, 3.05) is 4.90 Å². The molecule has 0 spiro atoms. The number of carbonyl (C=O) groups excluding carboxylic acids is 2. The van der Waals surface area contributed by atoms with Crippen LogP contribution in [0.1, 0.15) is 22.0 Å². The Balaban J connectivity index is 1.85. The fourth-order valence-electron chi connectivity index (χ4n) is 3.54. The van der Waals surface area contributed by atoms with Crippen molar-refractivity contribution >= 4 is 56.4 Å². The van der Waals surface area contributed by atoms with Crippen LogP contribution < -0.4 is 4.90 Å². The van der Waals surface area contributed by atoms with Gasteiger partial charge in [-0.2, -0.15) is 0 Å². The molecule has 1 fully saturated rings. The molecule has 0 aliphatic carbocycles. The smallest absolute Gasteiger partial charge is 0.307 e. The molecule has 0 saturated carbocycles. The number of aliphatic hydroxyl groups excluding tert-OH is 1. The van der Waals surface area contributed by atoms with Gasteiger partial charge in [0.1, 0.15) is 11.8 Å². The summed E-state index contributed by atoms with van der Waals surface area (Å²) in [6.45, 7) is 0. The van der Waals surface area contributed by atoms with E-state index in [2.05, 4.69) is 15.9 Å². The zero-order valence-electron chi connectivity index (χ0n) is 16.0. The average molecular weight is 498 g/mol. The van der Waals surface area contributed by atoms with Crippen LogP contribution in [-0.2, 0) is 20.8 Å². The number of thiophene rings is 1. The summed E-state index contributed by atoms with van der Waals surface area (Å²) in [7, 11) is 0. The van der Waals surface area contributed by atoms with Gasteiger partial charge in [-0.25, -0.2) is 0 Å². The van der Waals surface area contributed by atoms with E-state index in [0.717, 1.165) is 4.47 Å². The minimum absolute atomic E-state index is 0.0140. The Morgan fingerprint density at radius 1 is 1.03 bits per heavy atom. The van der Waals surface area contributed by atoms with E-state index in [1.165, 1.54) is 16.2 Å². The van der Waals surface area contributed by atoms with Crippen LogP contribution in [0.25, 0.3) is 5.76 Å². The Morgan fingerprint density at radius 3 is 2.29 bits per heavy atom. The lowest BCUT2D eigenvalue weighted by Gasteiger charge is -2.24. The van der Waals surface area contributed by atoms with Crippen molar-refractivity contribution < 1.29 is 24.6 Å². The van der Waals surface area contributed by atoms with Crippen LogP contribution in [0.5, 0.6) is 0 Å². The fourth-order valence-corrected chi connectivity index (χ4v) is 5.08. The van der Waals surface area contributed by atoms with Crippen molar-refractivity contribution in [1.29, 1.82) is 0 Å². The van der Waals surface area contributed by atoms with Crippen molar-refractivity contribution in [3.05, 3.63) is 92.1 Å². The van der Waals surface area contributed by atoms with Crippen LogP contribution in [0.3, 0.4) is 0 Å². The summed E-state index contributed by atoms with van der Waals surface area (Å²) in [6, 6.07) is 16.1. The van der Waals surface area contributed by atoms with E-state index in [-0.39, 0.29) is 17.8 Å². The summed E-state index contributed by atoms with van der Waals surface area (Å²) < 4.78 is 0.801. The number of Topliss-reactive ketones (excluding diaryl/α,β-unsaturated/α-hetero) is 1. The van der Waals surface area contributed by atoms with Gasteiger partial charge in [0.2, 0.25) is 0 Å². The molecule has 2 N–H and O–H groups in total. The van der Waals surface area contributed by atoms with E-state index in [9.17, 15) is 19.5 Å². The zero-order valence-corrected chi connectivity index (χ0v) is 18.4. The molecule has 2 heterocycles. The average Bonchev–Trinajstić information content (AvgIpc) is 3.29. The van der Waals surface area contributed by atoms with Crippen LogP contribution in [-0.4, -0.2) is 27.9 Å². The van der Waals surface area contributed by atoms with Crippen molar-refractivity contribution in [3.63, 3.8) is 0 Å². The summed E-state index contributed by atoms with van der Waals surface area (Å²) in [4.78, 5) is 39.1. The number of ketones is 1. The molecular weight excluding hydrogens is 482 g/mol. The van der Waals surface area contributed by atoms with Gasteiger partial charge in [0.05, 0.1) is 12.0 Å². The predicted octanol–water partition coefficient (Wildman–Crippen LogP) is 4.76. The molecule has 1 atom stereocenters. The van der Waals surface area contributed by atoms with Crippen LogP contribution in [0.4, 0.5) is 5.69 Å². The van der Waals surface area contributed by atoms with Gasteiger partial charge in [0.15, 0.2) is 0 Å². The second-order valence-electron chi connectivity index (χ2n) is 6.94. The lowest BCUT2D eigenvalue weighted by molar-refractivity contribution is -0.136. The number of benzene rings is 2. The van der Waals surface area contributed by atoms with Gasteiger partial charge in [-0.05, 0) is 39.7 Å². The number of carbonyl (C=O) groups is 3. The number of aliphatic carboxylic acids is 1. The monoisotopic (exact) mass is 497 g/mol. The van der Waals surface area contributed by atoms with E-state index < -0.39 is 23.7 Å². The number of rotatable bonds is 5. The maximum atomic E-state index is 13.0. The molecule has 4 rings (SSSR count). The number of hydrogen-bond acceptors (Lipinski definition) is 5. The Hall–Kier alpha value is -3.23. The highest BCUT2D eigenvalue weighted by molar-refractivity contribution is 9.10. The first-order chi connectivity index (χ1) is 14.9. The van der Waals surface area contributed by atoms with Gasteiger partial charge in [0, 0.05) is 26.0 Å². The Bertz CT molecular complexity index is 1200. The second-order valence-corrected chi connectivity index (χ2v) is 8.80. The Kier molecular flexibility index (Phi) is 5.75. The van der Waals surface area contributed by atoms with Crippen LogP contribution in [0, 0.1) is 0 Å². The maximum Gasteiger partial charge on any atom is 0.307 e. The summed E-state index contributed by atoms with van der Waals surface area (Å²) in [5.74, 6) is -2.72. The third kappa shape index (κ3) is 4.04. The van der Waals surface area contributed by atoms with Crippen molar-refractivity contribution in [2.24, 2.45) is 0 Å². The standard InChI is InChI=1S/C23H16BrNO5S/c24-15-11-17(31-12-15)20-19(21(28)14-4-2-1-3-5-14)22(29)23(30)25(20)16-8-6-13(7-9-16)10-18(26)27/h1-9,11-12,20,28H,10H2,(H,26,27)/b21-19+. The van der Waals surface area contributed by atoms with E-state index in [4.69, 9.17) is 5.11 Å². The molecule has 156 valence electrons. The van der Waals surface area contributed by atoms with Crippen molar-refractivity contribution in [1.82, 2.24) is 0 Å². The molecule has 1 saturated heterocycles.